The number of hydrogen-bond donors (Lipinski definition) is 0. The third-order valence-electron chi connectivity index (χ3n) is 4.24. The van der Waals surface area contributed by atoms with Gasteiger partial charge < -0.3 is 4.90 Å². The van der Waals surface area contributed by atoms with Crippen LogP contribution >= 0.6 is 11.6 Å². The molecule has 1 amide bonds. The lowest BCUT2D eigenvalue weighted by Gasteiger charge is -2.23. The summed E-state index contributed by atoms with van der Waals surface area (Å²) < 4.78 is 0. The summed E-state index contributed by atoms with van der Waals surface area (Å²) in [5, 5.41) is 11.2. The lowest BCUT2D eigenvalue weighted by molar-refractivity contribution is -0.384. The predicted molar refractivity (Wildman–Crippen MR) is 102 cm³/mol. The summed E-state index contributed by atoms with van der Waals surface area (Å²) in [6.45, 7) is 5.64. The van der Waals surface area contributed by atoms with Crippen LogP contribution in [0.5, 0.6) is 0 Å². The van der Waals surface area contributed by atoms with E-state index < -0.39 is 4.92 Å². The molecule has 0 saturated carbocycles. The van der Waals surface area contributed by atoms with Gasteiger partial charge in [0.2, 0.25) is 0 Å². The number of rotatable bonds is 12. The summed E-state index contributed by atoms with van der Waals surface area (Å²) in [7, 11) is 0. The number of benzene rings is 1. The second kappa shape index (κ2) is 11.9. The first kappa shape index (κ1) is 21.4. The van der Waals surface area contributed by atoms with Gasteiger partial charge in [-0.2, -0.15) is 0 Å². The molecule has 0 bridgehead atoms. The highest BCUT2D eigenvalue weighted by atomic mass is 35.5. The van der Waals surface area contributed by atoms with E-state index in [9.17, 15) is 14.9 Å². The number of amides is 1. The number of unbranched alkanes of at least 4 members (excludes halogenated alkanes) is 6. The van der Waals surface area contributed by atoms with Crippen LogP contribution in [0.2, 0.25) is 5.02 Å². The first-order chi connectivity index (χ1) is 12.0. The van der Waals surface area contributed by atoms with E-state index in [2.05, 4.69) is 13.8 Å². The van der Waals surface area contributed by atoms with Crippen molar-refractivity contribution in [2.24, 2.45) is 0 Å². The largest absolute Gasteiger partial charge is 0.339 e. The molecule has 0 radical (unpaired) electrons. The molecule has 0 N–H and O–H groups in total. The van der Waals surface area contributed by atoms with Crippen LogP contribution in [-0.2, 0) is 0 Å². The molecule has 0 aliphatic carbocycles. The SMILES string of the molecule is CCCCCCN(CCCCCC)C(=O)c1cc([N+](=O)[O-])ccc1Cl. The summed E-state index contributed by atoms with van der Waals surface area (Å²) in [6, 6.07) is 4.04. The van der Waals surface area contributed by atoms with Crippen molar-refractivity contribution >= 4 is 23.2 Å². The number of nitro groups is 1. The van der Waals surface area contributed by atoms with Crippen LogP contribution < -0.4 is 0 Å². The fourth-order valence-corrected chi connectivity index (χ4v) is 2.93. The van der Waals surface area contributed by atoms with Gasteiger partial charge in [-0.15, -0.1) is 0 Å². The summed E-state index contributed by atoms with van der Waals surface area (Å²) >= 11 is 6.14. The molecule has 1 aromatic carbocycles. The lowest BCUT2D eigenvalue weighted by atomic mass is 10.1. The Bertz CT molecular complexity index is 552. The molecule has 1 aromatic rings. The minimum absolute atomic E-state index is 0.107. The molecular weight excluding hydrogens is 340 g/mol. The van der Waals surface area contributed by atoms with Crippen LogP contribution in [0, 0.1) is 10.1 Å². The maximum Gasteiger partial charge on any atom is 0.270 e. The minimum Gasteiger partial charge on any atom is -0.339 e. The van der Waals surface area contributed by atoms with E-state index in [0.717, 1.165) is 51.4 Å². The van der Waals surface area contributed by atoms with Crippen LogP contribution in [0.25, 0.3) is 0 Å². The number of nitrogens with zero attached hydrogens (tertiary/aromatic N) is 2. The molecule has 140 valence electrons. The molecule has 0 heterocycles. The van der Waals surface area contributed by atoms with Gasteiger partial charge in [0.25, 0.3) is 11.6 Å². The van der Waals surface area contributed by atoms with Gasteiger partial charge in [-0.3, -0.25) is 14.9 Å². The molecular formula is C19H29ClN2O3. The fourth-order valence-electron chi connectivity index (χ4n) is 2.73. The number of carbonyl (C=O) groups excluding carboxylic acids is 1. The third-order valence-corrected chi connectivity index (χ3v) is 4.57. The molecule has 0 atom stereocenters. The average molecular weight is 369 g/mol. The fraction of sp³-hybridized carbons (Fsp3) is 0.632. The highest BCUT2D eigenvalue weighted by Crippen LogP contribution is 2.24. The van der Waals surface area contributed by atoms with Crippen molar-refractivity contribution in [1.82, 2.24) is 4.90 Å². The molecule has 0 spiro atoms. The first-order valence-corrected chi connectivity index (χ1v) is 9.62. The molecule has 6 heteroatoms. The van der Waals surface area contributed by atoms with E-state index in [4.69, 9.17) is 11.6 Å². The normalized spacial score (nSPS) is 10.7. The van der Waals surface area contributed by atoms with Gasteiger partial charge in [-0.05, 0) is 18.9 Å². The number of nitro benzene ring substituents is 1. The van der Waals surface area contributed by atoms with Crippen molar-refractivity contribution in [3.05, 3.63) is 38.9 Å². The molecule has 0 fully saturated rings. The summed E-state index contributed by atoms with van der Waals surface area (Å²) in [5.74, 6) is -0.207. The van der Waals surface area contributed by atoms with Crippen molar-refractivity contribution in [2.75, 3.05) is 13.1 Å². The summed E-state index contributed by atoms with van der Waals surface area (Å²) in [6.07, 6.45) is 8.63. The third kappa shape index (κ3) is 7.43. The molecule has 0 unspecified atom stereocenters. The Morgan fingerprint density at radius 2 is 1.60 bits per heavy atom. The second-order valence-corrected chi connectivity index (χ2v) is 6.74. The Kier molecular flexibility index (Phi) is 10.2. The number of non-ortho nitro benzene ring substituents is 1. The van der Waals surface area contributed by atoms with Gasteiger partial charge in [-0.25, -0.2) is 0 Å². The zero-order valence-electron chi connectivity index (χ0n) is 15.3. The number of halogens is 1. The van der Waals surface area contributed by atoms with Crippen LogP contribution in [0.15, 0.2) is 18.2 Å². The number of hydrogen-bond acceptors (Lipinski definition) is 3. The van der Waals surface area contributed by atoms with Gasteiger partial charge in [0, 0.05) is 25.2 Å². The molecule has 0 aliphatic heterocycles. The summed E-state index contributed by atoms with van der Waals surface area (Å²) in [5.41, 5.74) is 0.117. The predicted octanol–water partition coefficient (Wildman–Crippen LogP) is 5.85. The van der Waals surface area contributed by atoms with Crippen LogP contribution in [0.4, 0.5) is 5.69 Å². The Morgan fingerprint density at radius 1 is 1.04 bits per heavy atom. The van der Waals surface area contributed by atoms with Crippen molar-refractivity contribution in [1.29, 1.82) is 0 Å². The highest BCUT2D eigenvalue weighted by Gasteiger charge is 2.21. The van der Waals surface area contributed by atoms with Gasteiger partial charge in [-0.1, -0.05) is 64.0 Å². The van der Waals surface area contributed by atoms with Crippen molar-refractivity contribution in [2.45, 2.75) is 65.2 Å². The average Bonchev–Trinajstić information content (AvgIpc) is 2.60. The maximum absolute atomic E-state index is 12.9. The van der Waals surface area contributed by atoms with Crippen molar-refractivity contribution < 1.29 is 9.72 Å². The van der Waals surface area contributed by atoms with Crippen LogP contribution in [0.1, 0.15) is 75.6 Å². The van der Waals surface area contributed by atoms with Crippen LogP contribution in [-0.4, -0.2) is 28.8 Å². The quantitative estimate of drug-likeness (QED) is 0.264. The van der Waals surface area contributed by atoms with E-state index in [1.54, 1.807) is 4.90 Å². The van der Waals surface area contributed by atoms with Crippen molar-refractivity contribution in [3.8, 4) is 0 Å². The van der Waals surface area contributed by atoms with E-state index in [-0.39, 0.29) is 22.2 Å². The highest BCUT2D eigenvalue weighted by molar-refractivity contribution is 6.33. The van der Waals surface area contributed by atoms with E-state index >= 15 is 0 Å². The Labute approximate surface area is 155 Å². The zero-order valence-corrected chi connectivity index (χ0v) is 16.1. The smallest absolute Gasteiger partial charge is 0.270 e. The lowest BCUT2D eigenvalue weighted by Crippen LogP contribution is -2.33. The van der Waals surface area contributed by atoms with E-state index in [1.165, 1.54) is 18.2 Å². The molecule has 0 saturated heterocycles. The Morgan fingerprint density at radius 3 is 2.08 bits per heavy atom. The second-order valence-electron chi connectivity index (χ2n) is 6.33. The van der Waals surface area contributed by atoms with Crippen LogP contribution in [0.3, 0.4) is 0 Å². The molecule has 5 nitrogen and oxygen atoms in total. The summed E-state index contributed by atoms with van der Waals surface area (Å²) in [4.78, 5) is 25.2. The number of carbonyl (C=O) groups is 1. The maximum atomic E-state index is 12.9. The zero-order chi connectivity index (χ0) is 18.7. The van der Waals surface area contributed by atoms with E-state index in [0.29, 0.717) is 13.1 Å². The standard InChI is InChI=1S/C19H29ClN2O3/c1-3-5-7-9-13-21(14-10-8-6-4-2)19(23)17-15-16(22(24)25)11-12-18(17)20/h11-12,15H,3-10,13-14H2,1-2H3. The van der Waals surface area contributed by atoms with Gasteiger partial charge in [0.05, 0.1) is 15.5 Å². The van der Waals surface area contributed by atoms with Gasteiger partial charge in [0.15, 0.2) is 0 Å². The monoisotopic (exact) mass is 368 g/mol. The molecule has 0 aliphatic rings. The van der Waals surface area contributed by atoms with E-state index in [1.807, 2.05) is 0 Å². The first-order valence-electron chi connectivity index (χ1n) is 9.24. The minimum atomic E-state index is -0.500. The molecule has 25 heavy (non-hydrogen) atoms. The van der Waals surface area contributed by atoms with Crippen molar-refractivity contribution in [3.63, 3.8) is 0 Å². The molecule has 1 rings (SSSR count). The Hall–Kier alpha value is -1.62. The Balaban J connectivity index is 2.85. The van der Waals surface area contributed by atoms with Gasteiger partial charge >= 0.3 is 0 Å². The molecule has 0 aromatic heterocycles. The van der Waals surface area contributed by atoms with Gasteiger partial charge in [0.1, 0.15) is 0 Å². The topological polar surface area (TPSA) is 63.5 Å².